The molecule has 2 aromatic heterocycles. The van der Waals surface area contributed by atoms with Crippen LogP contribution in [0, 0.1) is 5.82 Å². The minimum absolute atomic E-state index is 0.0460. The Morgan fingerprint density at radius 3 is 2.93 bits per heavy atom. The number of aromatic nitrogens is 4. The Hall–Kier alpha value is -2.18. The van der Waals surface area contributed by atoms with Gasteiger partial charge in [0.2, 0.25) is 11.8 Å². The van der Waals surface area contributed by atoms with Crippen LogP contribution in [-0.2, 0) is 7.05 Å². The van der Waals surface area contributed by atoms with Crippen LogP contribution in [0.15, 0.2) is 18.6 Å². The van der Waals surface area contributed by atoms with Crippen molar-refractivity contribution in [3.63, 3.8) is 0 Å². The van der Waals surface area contributed by atoms with Gasteiger partial charge in [0.1, 0.15) is 0 Å². The van der Waals surface area contributed by atoms with Crippen LogP contribution in [0.2, 0.25) is 0 Å². The van der Waals surface area contributed by atoms with Gasteiger partial charge in [-0.1, -0.05) is 0 Å². The number of anilines is 1. The van der Waals surface area contributed by atoms with Crippen molar-refractivity contribution in [3.8, 4) is 11.6 Å². The molecule has 0 fully saturated rings. The minimum atomic E-state index is -0.673. The summed E-state index contributed by atoms with van der Waals surface area (Å²) in [5.74, 6) is -0.548. The van der Waals surface area contributed by atoms with E-state index in [-0.39, 0.29) is 11.8 Å². The summed E-state index contributed by atoms with van der Waals surface area (Å²) in [5, 5.41) is 3.86. The lowest BCUT2D eigenvalue weighted by molar-refractivity contribution is 0.420. The highest BCUT2D eigenvalue weighted by molar-refractivity contribution is 5.26. The van der Waals surface area contributed by atoms with Gasteiger partial charge in [0.25, 0.3) is 5.88 Å². The fraction of sp³-hybridized carbons (Fsp3) is 0.125. The van der Waals surface area contributed by atoms with Crippen molar-refractivity contribution in [2.45, 2.75) is 0 Å². The van der Waals surface area contributed by atoms with Crippen molar-refractivity contribution in [2.75, 3.05) is 5.73 Å². The summed E-state index contributed by atoms with van der Waals surface area (Å²) in [7, 11) is 1.72. The Balaban J connectivity index is 2.27. The van der Waals surface area contributed by atoms with Gasteiger partial charge in [-0.25, -0.2) is 4.98 Å². The number of hydrogen-bond acceptors (Lipinski definition) is 5. The predicted octanol–water partition coefficient (Wildman–Crippen LogP) is 0.724. The maximum absolute atomic E-state index is 13.1. The molecule has 0 amide bonds. The van der Waals surface area contributed by atoms with Crippen molar-refractivity contribution < 1.29 is 9.13 Å². The summed E-state index contributed by atoms with van der Waals surface area (Å²) >= 11 is 0. The molecule has 0 aliphatic rings. The lowest BCUT2D eigenvalue weighted by atomic mass is 10.5. The molecule has 2 heterocycles. The van der Waals surface area contributed by atoms with Gasteiger partial charge in [-0.05, 0) is 0 Å². The van der Waals surface area contributed by atoms with E-state index in [1.165, 1.54) is 10.9 Å². The second-order valence-corrected chi connectivity index (χ2v) is 2.83. The molecule has 0 bridgehead atoms. The third kappa shape index (κ3) is 2.01. The van der Waals surface area contributed by atoms with Gasteiger partial charge in [-0.15, -0.1) is 0 Å². The molecule has 15 heavy (non-hydrogen) atoms. The zero-order valence-corrected chi connectivity index (χ0v) is 7.88. The first-order valence-corrected chi connectivity index (χ1v) is 4.09. The summed E-state index contributed by atoms with van der Waals surface area (Å²) in [6.07, 6.45) is 3.98. The van der Waals surface area contributed by atoms with Gasteiger partial charge in [0.05, 0.1) is 18.6 Å². The first-order valence-electron chi connectivity index (χ1n) is 4.09. The number of nitrogens with two attached hydrogens (primary N) is 1. The fourth-order valence-electron chi connectivity index (χ4n) is 0.999. The van der Waals surface area contributed by atoms with E-state index in [2.05, 4.69) is 15.1 Å². The second-order valence-electron chi connectivity index (χ2n) is 2.83. The standard InChI is InChI=1S/C8H8FN5O/c1-14-4-5(2-12-14)15-7-6(9)3-11-8(10)13-7/h2-4H,1H3,(H2,10,11,13). The maximum Gasteiger partial charge on any atom is 0.260 e. The van der Waals surface area contributed by atoms with E-state index in [4.69, 9.17) is 10.5 Å². The number of nitrogen functional groups attached to an aromatic ring is 1. The highest BCUT2D eigenvalue weighted by Crippen LogP contribution is 2.21. The first-order chi connectivity index (χ1) is 7.15. The molecule has 0 aliphatic heterocycles. The van der Waals surface area contributed by atoms with E-state index in [0.29, 0.717) is 5.75 Å². The molecule has 2 aromatic rings. The molecular formula is C8H8FN5O. The van der Waals surface area contributed by atoms with Gasteiger partial charge < -0.3 is 10.5 Å². The van der Waals surface area contributed by atoms with Crippen molar-refractivity contribution in [1.82, 2.24) is 19.7 Å². The number of hydrogen-bond donors (Lipinski definition) is 1. The Bertz CT molecular complexity index is 484. The summed E-state index contributed by atoms with van der Waals surface area (Å²) in [6, 6.07) is 0. The Labute approximate surface area is 84.5 Å². The SMILES string of the molecule is Cn1cc(Oc2nc(N)ncc2F)cn1. The van der Waals surface area contributed by atoms with Gasteiger partial charge in [-0.2, -0.15) is 14.5 Å². The molecule has 2 N–H and O–H groups in total. The molecule has 0 aromatic carbocycles. The smallest absolute Gasteiger partial charge is 0.260 e. The van der Waals surface area contributed by atoms with Gasteiger partial charge in [-0.3, -0.25) is 4.68 Å². The van der Waals surface area contributed by atoms with Crippen LogP contribution in [0.1, 0.15) is 0 Å². The molecule has 2 rings (SSSR count). The Morgan fingerprint density at radius 2 is 2.27 bits per heavy atom. The lowest BCUT2D eigenvalue weighted by Gasteiger charge is -2.02. The van der Waals surface area contributed by atoms with Crippen molar-refractivity contribution in [2.24, 2.45) is 7.05 Å². The van der Waals surface area contributed by atoms with E-state index in [1.807, 2.05) is 0 Å². The van der Waals surface area contributed by atoms with Crippen molar-refractivity contribution in [3.05, 3.63) is 24.4 Å². The van der Waals surface area contributed by atoms with Gasteiger partial charge in [0, 0.05) is 7.05 Å². The molecule has 7 heteroatoms. The molecule has 0 atom stereocenters. The van der Waals surface area contributed by atoms with Crippen molar-refractivity contribution in [1.29, 1.82) is 0 Å². The Kier molecular flexibility index (Phi) is 2.20. The molecule has 6 nitrogen and oxygen atoms in total. The highest BCUT2D eigenvalue weighted by Gasteiger charge is 2.08. The van der Waals surface area contributed by atoms with Crippen LogP contribution >= 0.6 is 0 Å². The third-order valence-corrected chi connectivity index (χ3v) is 1.63. The maximum atomic E-state index is 13.1. The number of ether oxygens (including phenoxy) is 1. The minimum Gasteiger partial charge on any atom is -0.433 e. The fourth-order valence-corrected chi connectivity index (χ4v) is 0.999. The van der Waals surface area contributed by atoms with Crippen LogP contribution in [-0.4, -0.2) is 19.7 Å². The normalized spacial score (nSPS) is 10.3. The predicted molar refractivity (Wildman–Crippen MR) is 49.7 cm³/mol. The summed E-state index contributed by atoms with van der Waals surface area (Å²) in [6.45, 7) is 0. The van der Waals surface area contributed by atoms with E-state index in [9.17, 15) is 4.39 Å². The molecular weight excluding hydrogens is 201 g/mol. The topological polar surface area (TPSA) is 78.9 Å². The number of rotatable bonds is 2. The van der Waals surface area contributed by atoms with Crippen LogP contribution in [0.3, 0.4) is 0 Å². The zero-order chi connectivity index (χ0) is 10.8. The Morgan fingerprint density at radius 1 is 1.47 bits per heavy atom. The quantitative estimate of drug-likeness (QED) is 0.788. The molecule has 0 saturated carbocycles. The highest BCUT2D eigenvalue weighted by atomic mass is 19.1. The zero-order valence-electron chi connectivity index (χ0n) is 7.88. The van der Waals surface area contributed by atoms with Gasteiger partial charge in [0.15, 0.2) is 5.75 Å². The van der Waals surface area contributed by atoms with Crippen LogP contribution in [0.5, 0.6) is 11.6 Å². The molecule has 0 radical (unpaired) electrons. The average Bonchev–Trinajstić information content (AvgIpc) is 2.58. The first kappa shape index (κ1) is 9.38. The number of halogens is 1. The van der Waals surface area contributed by atoms with E-state index >= 15 is 0 Å². The monoisotopic (exact) mass is 209 g/mol. The van der Waals surface area contributed by atoms with Crippen LogP contribution in [0.4, 0.5) is 10.3 Å². The molecule has 78 valence electrons. The lowest BCUT2D eigenvalue weighted by Crippen LogP contribution is -1.99. The van der Waals surface area contributed by atoms with Crippen molar-refractivity contribution >= 4 is 5.95 Å². The van der Waals surface area contributed by atoms with Gasteiger partial charge >= 0.3 is 0 Å². The molecule has 0 saturated heterocycles. The van der Waals surface area contributed by atoms with Crippen LogP contribution < -0.4 is 10.5 Å². The summed E-state index contributed by atoms with van der Waals surface area (Å²) in [5.41, 5.74) is 5.30. The largest absolute Gasteiger partial charge is 0.433 e. The third-order valence-electron chi connectivity index (χ3n) is 1.63. The summed E-state index contributed by atoms with van der Waals surface area (Å²) < 4.78 is 19.8. The number of aryl methyl sites for hydroxylation is 1. The number of nitrogens with zero attached hydrogens (tertiary/aromatic N) is 4. The molecule has 0 aliphatic carbocycles. The summed E-state index contributed by atoms with van der Waals surface area (Å²) in [4.78, 5) is 7.09. The van der Waals surface area contributed by atoms with E-state index < -0.39 is 5.82 Å². The second kappa shape index (κ2) is 3.52. The molecule has 0 unspecified atom stereocenters. The van der Waals surface area contributed by atoms with E-state index in [0.717, 1.165) is 6.20 Å². The van der Waals surface area contributed by atoms with E-state index in [1.54, 1.807) is 13.2 Å². The average molecular weight is 209 g/mol. The molecule has 0 spiro atoms. The van der Waals surface area contributed by atoms with Crippen LogP contribution in [0.25, 0.3) is 0 Å².